The second-order valence-electron chi connectivity index (χ2n) is 6.01. The summed E-state index contributed by atoms with van der Waals surface area (Å²) in [5, 5.41) is 11.9. The summed E-state index contributed by atoms with van der Waals surface area (Å²) in [6.45, 7) is 3.76. The lowest BCUT2D eigenvalue weighted by Crippen LogP contribution is -2.42. The van der Waals surface area contributed by atoms with Gasteiger partial charge in [-0.2, -0.15) is 0 Å². The number of ether oxygens (including phenoxy) is 1. The van der Waals surface area contributed by atoms with Crippen molar-refractivity contribution in [1.82, 2.24) is 10.2 Å². The van der Waals surface area contributed by atoms with Crippen LogP contribution in [0.15, 0.2) is 0 Å². The maximum Gasteiger partial charge on any atom is 0.305 e. The van der Waals surface area contributed by atoms with Crippen molar-refractivity contribution in [3.05, 3.63) is 0 Å². The van der Waals surface area contributed by atoms with E-state index in [0.717, 1.165) is 51.9 Å². The lowest BCUT2D eigenvalue weighted by atomic mass is 9.95. The van der Waals surface area contributed by atoms with Gasteiger partial charge in [-0.15, -0.1) is 0 Å². The van der Waals surface area contributed by atoms with E-state index in [2.05, 4.69) is 5.32 Å². The number of carbonyl (C=O) groups is 2. The molecule has 0 radical (unpaired) electrons. The summed E-state index contributed by atoms with van der Waals surface area (Å²) < 4.78 is 5.54. The highest BCUT2D eigenvalue weighted by atomic mass is 16.5. The minimum absolute atomic E-state index is 0.0494. The molecule has 120 valence electrons. The van der Waals surface area contributed by atoms with Gasteiger partial charge >= 0.3 is 5.97 Å². The molecule has 6 heteroatoms. The molecule has 0 bridgehead atoms. The number of hydrogen-bond acceptors (Lipinski definition) is 4. The summed E-state index contributed by atoms with van der Waals surface area (Å²) in [6.07, 6.45) is 4.74. The molecule has 0 aliphatic carbocycles. The van der Waals surface area contributed by atoms with Crippen LogP contribution in [0.5, 0.6) is 0 Å². The van der Waals surface area contributed by atoms with Crippen molar-refractivity contribution >= 4 is 11.9 Å². The average molecular weight is 298 g/mol. The third-order valence-electron chi connectivity index (χ3n) is 4.33. The number of piperidine rings is 2. The fourth-order valence-electron chi connectivity index (χ4n) is 3.06. The summed E-state index contributed by atoms with van der Waals surface area (Å²) in [4.78, 5) is 24.6. The van der Waals surface area contributed by atoms with Crippen LogP contribution < -0.4 is 5.32 Å². The zero-order valence-electron chi connectivity index (χ0n) is 12.6. The lowest BCUT2D eigenvalue weighted by Gasteiger charge is -2.33. The Morgan fingerprint density at radius 1 is 1.24 bits per heavy atom. The highest BCUT2D eigenvalue weighted by Gasteiger charge is 2.25. The monoisotopic (exact) mass is 298 g/mol. The highest BCUT2D eigenvalue weighted by molar-refractivity contribution is 5.76. The van der Waals surface area contributed by atoms with Crippen LogP contribution in [-0.2, 0) is 14.3 Å². The molecule has 1 unspecified atom stereocenters. The maximum absolute atomic E-state index is 12.3. The summed E-state index contributed by atoms with van der Waals surface area (Å²) in [5.41, 5.74) is 0. The molecule has 2 N–H and O–H groups in total. The van der Waals surface area contributed by atoms with Crippen molar-refractivity contribution in [2.45, 2.75) is 44.6 Å². The first-order valence-electron chi connectivity index (χ1n) is 7.97. The molecule has 0 spiro atoms. The zero-order chi connectivity index (χ0) is 15.1. The van der Waals surface area contributed by atoms with Crippen molar-refractivity contribution in [3.8, 4) is 0 Å². The lowest BCUT2D eigenvalue weighted by molar-refractivity contribution is -0.139. The Balaban J connectivity index is 1.63. The Kier molecular flexibility index (Phi) is 6.45. The first-order valence-corrected chi connectivity index (χ1v) is 7.97. The molecule has 0 aromatic carbocycles. The number of carboxylic acids is 1. The molecule has 2 aliphatic rings. The number of carboxylic acid groups (broad SMARTS) is 1. The van der Waals surface area contributed by atoms with E-state index in [1.807, 2.05) is 4.90 Å². The van der Waals surface area contributed by atoms with Crippen molar-refractivity contribution in [2.75, 3.05) is 32.8 Å². The Bertz CT molecular complexity index is 348. The van der Waals surface area contributed by atoms with Gasteiger partial charge in [0.05, 0.1) is 19.1 Å². The van der Waals surface area contributed by atoms with Crippen LogP contribution in [0.25, 0.3) is 0 Å². The SMILES string of the molecule is O=C(O)CCOC1CCN(C(=O)CC2CCCNC2)CC1. The number of hydrogen-bond donors (Lipinski definition) is 2. The third kappa shape index (κ3) is 5.63. The predicted octanol–water partition coefficient (Wildman–Crippen LogP) is 0.858. The van der Waals surface area contributed by atoms with Crippen LogP contribution in [-0.4, -0.2) is 60.8 Å². The Hall–Kier alpha value is -1.14. The normalized spacial score (nSPS) is 24.0. The van der Waals surface area contributed by atoms with E-state index in [0.29, 0.717) is 12.3 Å². The Morgan fingerprint density at radius 2 is 2.00 bits per heavy atom. The van der Waals surface area contributed by atoms with Gasteiger partial charge in [-0.05, 0) is 44.7 Å². The minimum atomic E-state index is -0.830. The molecule has 0 aromatic heterocycles. The van der Waals surface area contributed by atoms with E-state index in [1.54, 1.807) is 0 Å². The molecular weight excluding hydrogens is 272 g/mol. The van der Waals surface area contributed by atoms with Crippen molar-refractivity contribution < 1.29 is 19.4 Å². The molecule has 2 saturated heterocycles. The molecule has 6 nitrogen and oxygen atoms in total. The molecule has 21 heavy (non-hydrogen) atoms. The number of likely N-dealkylation sites (tertiary alicyclic amines) is 1. The first-order chi connectivity index (χ1) is 10.1. The summed E-state index contributed by atoms with van der Waals surface area (Å²) >= 11 is 0. The zero-order valence-corrected chi connectivity index (χ0v) is 12.6. The van der Waals surface area contributed by atoms with Crippen molar-refractivity contribution in [2.24, 2.45) is 5.92 Å². The largest absolute Gasteiger partial charge is 0.481 e. The van der Waals surface area contributed by atoms with Crippen LogP contribution in [0.1, 0.15) is 38.5 Å². The number of nitrogens with one attached hydrogen (secondary N) is 1. The van der Waals surface area contributed by atoms with Gasteiger partial charge in [0, 0.05) is 19.5 Å². The quantitative estimate of drug-likeness (QED) is 0.760. The molecular formula is C15H26N2O4. The predicted molar refractivity (Wildman–Crippen MR) is 78.0 cm³/mol. The smallest absolute Gasteiger partial charge is 0.305 e. The van der Waals surface area contributed by atoms with Gasteiger partial charge < -0.3 is 20.1 Å². The minimum Gasteiger partial charge on any atom is -0.481 e. The third-order valence-corrected chi connectivity index (χ3v) is 4.33. The molecule has 1 atom stereocenters. The average Bonchev–Trinajstić information content (AvgIpc) is 2.48. The highest BCUT2D eigenvalue weighted by Crippen LogP contribution is 2.19. The second-order valence-corrected chi connectivity index (χ2v) is 6.01. The van der Waals surface area contributed by atoms with Crippen LogP contribution in [0, 0.1) is 5.92 Å². The maximum atomic E-state index is 12.3. The van der Waals surface area contributed by atoms with E-state index in [-0.39, 0.29) is 25.0 Å². The molecule has 1 amide bonds. The fourth-order valence-corrected chi connectivity index (χ4v) is 3.06. The van der Waals surface area contributed by atoms with Gasteiger partial charge in [0.15, 0.2) is 0 Å². The van der Waals surface area contributed by atoms with Crippen molar-refractivity contribution in [3.63, 3.8) is 0 Å². The van der Waals surface area contributed by atoms with Crippen LogP contribution >= 0.6 is 0 Å². The van der Waals surface area contributed by atoms with E-state index in [4.69, 9.17) is 9.84 Å². The summed E-state index contributed by atoms with van der Waals surface area (Å²) in [7, 11) is 0. The number of carbonyl (C=O) groups excluding carboxylic acids is 1. The second kappa shape index (κ2) is 8.34. The number of nitrogens with zero attached hydrogens (tertiary/aromatic N) is 1. The van der Waals surface area contributed by atoms with E-state index in [1.165, 1.54) is 0 Å². The Morgan fingerprint density at radius 3 is 2.62 bits per heavy atom. The molecule has 2 heterocycles. The standard InChI is InChI=1S/C15H26N2O4/c18-14(10-12-2-1-6-16-11-12)17-7-3-13(4-8-17)21-9-5-15(19)20/h12-13,16H,1-11H2,(H,19,20). The van der Waals surface area contributed by atoms with Crippen LogP contribution in [0.2, 0.25) is 0 Å². The Labute approximate surface area is 125 Å². The van der Waals surface area contributed by atoms with E-state index < -0.39 is 5.97 Å². The molecule has 2 rings (SSSR count). The van der Waals surface area contributed by atoms with Crippen LogP contribution in [0.4, 0.5) is 0 Å². The molecule has 0 saturated carbocycles. The van der Waals surface area contributed by atoms with Crippen molar-refractivity contribution in [1.29, 1.82) is 0 Å². The van der Waals surface area contributed by atoms with Crippen LogP contribution in [0.3, 0.4) is 0 Å². The number of rotatable bonds is 6. The molecule has 2 aliphatic heterocycles. The fraction of sp³-hybridized carbons (Fsp3) is 0.867. The molecule has 2 fully saturated rings. The van der Waals surface area contributed by atoms with Gasteiger partial charge in [0.2, 0.25) is 5.91 Å². The number of aliphatic carboxylic acids is 1. The van der Waals surface area contributed by atoms with Gasteiger partial charge in [-0.1, -0.05) is 0 Å². The summed E-state index contributed by atoms with van der Waals surface area (Å²) in [6, 6.07) is 0. The van der Waals surface area contributed by atoms with Gasteiger partial charge in [0.1, 0.15) is 0 Å². The number of amides is 1. The topological polar surface area (TPSA) is 78.9 Å². The van der Waals surface area contributed by atoms with Gasteiger partial charge in [-0.25, -0.2) is 0 Å². The van der Waals surface area contributed by atoms with Gasteiger partial charge in [0.25, 0.3) is 0 Å². The van der Waals surface area contributed by atoms with E-state index in [9.17, 15) is 9.59 Å². The molecule has 0 aromatic rings. The van der Waals surface area contributed by atoms with E-state index >= 15 is 0 Å². The first kappa shape index (κ1) is 16.2. The summed E-state index contributed by atoms with van der Waals surface area (Å²) in [5.74, 6) is -0.0906. The van der Waals surface area contributed by atoms with Gasteiger partial charge in [-0.3, -0.25) is 9.59 Å².